The van der Waals surface area contributed by atoms with Crippen LogP contribution in [0.1, 0.15) is 11.3 Å². The van der Waals surface area contributed by atoms with Gasteiger partial charge in [-0.3, -0.25) is 19.4 Å². The minimum atomic E-state index is -0.0215. The standard InChI is InChI=1S/C19H21N5OS/c1-14-6-8-15(9-7-14)18-21-22-19(26)24(18)13-17(25)23(2)12-10-16-5-3-4-11-20-16/h3-9,11H,10,12-13H2,1-2H3,(H,22,26). The molecule has 3 rings (SSSR count). The highest BCUT2D eigenvalue weighted by Gasteiger charge is 2.15. The highest BCUT2D eigenvalue weighted by atomic mass is 32.1. The number of rotatable bonds is 6. The molecule has 0 aliphatic rings. The lowest BCUT2D eigenvalue weighted by Crippen LogP contribution is -2.32. The van der Waals surface area contributed by atoms with E-state index in [-0.39, 0.29) is 12.5 Å². The summed E-state index contributed by atoms with van der Waals surface area (Å²) in [5, 5.41) is 7.07. The maximum absolute atomic E-state index is 12.6. The van der Waals surface area contributed by atoms with Gasteiger partial charge in [-0.05, 0) is 31.3 Å². The number of benzene rings is 1. The summed E-state index contributed by atoms with van der Waals surface area (Å²) in [4.78, 5) is 18.6. The molecule has 0 fully saturated rings. The summed E-state index contributed by atoms with van der Waals surface area (Å²) in [6.07, 6.45) is 2.47. The van der Waals surface area contributed by atoms with Crippen LogP contribution in [0.4, 0.5) is 0 Å². The van der Waals surface area contributed by atoms with Crippen molar-refractivity contribution in [2.45, 2.75) is 19.9 Å². The number of H-pyrrole nitrogens is 1. The van der Waals surface area contributed by atoms with Crippen LogP contribution in [0.5, 0.6) is 0 Å². The van der Waals surface area contributed by atoms with Crippen molar-refractivity contribution in [1.82, 2.24) is 24.6 Å². The third kappa shape index (κ3) is 4.23. The Hall–Kier alpha value is -2.80. The molecule has 134 valence electrons. The zero-order valence-corrected chi connectivity index (χ0v) is 15.7. The zero-order chi connectivity index (χ0) is 18.5. The van der Waals surface area contributed by atoms with Crippen molar-refractivity contribution in [2.75, 3.05) is 13.6 Å². The second-order valence-corrected chi connectivity index (χ2v) is 6.58. The predicted molar refractivity (Wildman–Crippen MR) is 103 cm³/mol. The Labute approximate surface area is 157 Å². The Morgan fingerprint density at radius 2 is 2.00 bits per heavy atom. The molecule has 0 aliphatic carbocycles. The van der Waals surface area contributed by atoms with Crippen molar-refractivity contribution >= 4 is 18.1 Å². The van der Waals surface area contributed by atoms with E-state index in [2.05, 4.69) is 15.2 Å². The average molecular weight is 367 g/mol. The van der Waals surface area contributed by atoms with E-state index in [4.69, 9.17) is 12.2 Å². The molecule has 2 heterocycles. The fraction of sp³-hybridized carbons (Fsp3) is 0.263. The topological polar surface area (TPSA) is 66.8 Å². The van der Waals surface area contributed by atoms with E-state index >= 15 is 0 Å². The summed E-state index contributed by atoms with van der Waals surface area (Å²) in [6, 6.07) is 13.8. The van der Waals surface area contributed by atoms with Crippen LogP contribution >= 0.6 is 12.2 Å². The quantitative estimate of drug-likeness (QED) is 0.680. The van der Waals surface area contributed by atoms with Crippen molar-refractivity contribution in [3.63, 3.8) is 0 Å². The number of hydrogen-bond acceptors (Lipinski definition) is 4. The van der Waals surface area contributed by atoms with Gasteiger partial charge >= 0.3 is 0 Å². The number of likely N-dealkylation sites (N-methyl/N-ethyl adjacent to an activating group) is 1. The summed E-state index contributed by atoms with van der Waals surface area (Å²) in [7, 11) is 1.79. The summed E-state index contributed by atoms with van der Waals surface area (Å²) in [5.41, 5.74) is 3.05. The monoisotopic (exact) mass is 367 g/mol. The molecule has 0 saturated heterocycles. The van der Waals surface area contributed by atoms with Crippen molar-refractivity contribution in [3.05, 3.63) is 64.7 Å². The van der Waals surface area contributed by atoms with Crippen molar-refractivity contribution < 1.29 is 4.79 Å². The number of pyridine rings is 1. The smallest absolute Gasteiger partial charge is 0.242 e. The number of nitrogens with zero attached hydrogens (tertiary/aromatic N) is 4. The number of hydrogen-bond donors (Lipinski definition) is 1. The number of aromatic nitrogens is 4. The van der Waals surface area contributed by atoms with Crippen molar-refractivity contribution in [3.8, 4) is 11.4 Å². The molecule has 0 saturated carbocycles. The van der Waals surface area contributed by atoms with Gasteiger partial charge in [0.05, 0.1) is 0 Å². The molecule has 3 aromatic rings. The zero-order valence-electron chi connectivity index (χ0n) is 14.8. The second-order valence-electron chi connectivity index (χ2n) is 6.19. The number of aromatic amines is 1. The van der Waals surface area contributed by atoms with Crippen LogP contribution in [0, 0.1) is 11.7 Å². The molecule has 2 aromatic heterocycles. The van der Waals surface area contributed by atoms with Gasteiger partial charge in [-0.1, -0.05) is 35.9 Å². The van der Waals surface area contributed by atoms with E-state index in [0.717, 1.165) is 11.3 Å². The Morgan fingerprint density at radius 1 is 1.23 bits per heavy atom. The van der Waals surface area contributed by atoms with Crippen LogP contribution in [-0.2, 0) is 17.8 Å². The first-order valence-electron chi connectivity index (χ1n) is 8.40. The van der Waals surface area contributed by atoms with E-state index in [1.165, 1.54) is 5.56 Å². The minimum Gasteiger partial charge on any atom is -0.344 e. The molecule has 6 nitrogen and oxygen atoms in total. The molecule has 0 aliphatic heterocycles. The van der Waals surface area contributed by atoms with E-state index in [1.807, 2.05) is 49.4 Å². The highest BCUT2D eigenvalue weighted by molar-refractivity contribution is 7.71. The van der Waals surface area contributed by atoms with Crippen LogP contribution in [0.15, 0.2) is 48.7 Å². The molecule has 7 heteroatoms. The first kappa shape index (κ1) is 18.0. The van der Waals surface area contributed by atoms with Gasteiger partial charge in [0.25, 0.3) is 0 Å². The summed E-state index contributed by atoms with van der Waals surface area (Å²) in [5.74, 6) is 0.647. The largest absolute Gasteiger partial charge is 0.344 e. The van der Waals surface area contributed by atoms with Crippen LogP contribution in [-0.4, -0.2) is 44.1 Å². The SMILES string of the molecule is Cc1ccc(-c2n[nH]c(=S)n2CC(=O)N(C)CCc2ccccn2)cc1. The Balaban J connectivity index is 1.70. The van der Waals surface area contributed by atoms with Crippen LogP contribution in [0.2, 0.25) is 0 Å². The molecule has 1 N–H and O–H groups in total. The lowest BCUT2D eigenvalue weighted by Gasteiger charge is -2.17. The van der Waals surface area contributed by atoms with Gasteiger partial charge in [-0.2, -0.15) is 5.10 Å². The third-order valence-electron chi connectivity index (χ3n) is 4.22. The highest BCUT2D eigenvalue weighted by Crippen LogP contribution is 2.18. The molecular weight excluding hydrogens is 346 g/mol. The van der Waals surface area contributed by atoms with Gasteiger partial charge in [-0.25, -0.2) is 0 Å². The van der Waals surface area contributed by atoms with Gasteiger partial charge in [0.2, 0.25) is 5.91 Å². The van der Waals surface area contributed by atoms with E-state index < -0.39 is 0 Å². The van der Waals surface area contributed by atoms with Crippen LogP contribution < -0.4 is 0 Å². The van der Waals surface area contributed by atoms with E-state index in [9.17, 15) is 4.79 Å². The Morgan fingerprint density at radius 3 is 2.69 bits per heavy atom. The molecule has 0 unspecified atom stereocenters. The van der Waals surface area contributed by atoms with Crippen LogP contribution in [0.3, 0.4) is 0 Å². The molecule has 0 spiro atoms. The van der Waals surface area contributed by atoms with Gasteiger partial charge in [0, 0.05) is 37.5 Å². The predicted octanol–water partition coefficient (Wildman–Crippen LogP) is 3.01. The minimum absolute atomic E-state index is 0.0215. The number of carbonyl (C=O) groups is 1. The fourth-order valence-electron chi connectivity index (χ4n) is 2.60. The van der Waals surface area contributed by atoms with Gasteiger partial charge in [0.1, 0.15) is 6.54 Å². The van der Waals surface area contributed by atoms with Gasteiger partial charge < -0.3 is 4.90 Å². The van der Waals surface area contributed by atoms with E-state index in [0.29, 0.717) is 23.6 Å². The molecule has 0 bridgehead atoms. The lowest BCUT2D eigenvalue weighted by molar-refractivity contribution is -0.130. The Kier molecular flexibility index (Phi) is 5.58. The summed E-state index contributed by atoms with van der Waals surface area (Å²) in [6.45, 7) is 2.78. The number of carbonyl (C=O) groups excluding carboxylic acids is 1. The molecular formula is C19H21N5OS. The molecule has 0 radical (unpaired) electrons. The maximum Gasteiger partial charge on any atom is 0.242 e. The molecule has 1 aromatic carbocycles. The number of aryl methyl sites for hydroxylation is 1. The second kappa shape index (κ2) is 8.05. The molecule has 26 heavy (non-hydrogen) atoms. The maximum atomic E-state index is 12.6. The molecule has 0 atom stereocenters. The summed E-state index contributed by atoms with van der Waals surface area (Å²) >= 11 is 5.31. The first-order valence-corrected chi connectivity index (χ1v) is 8.81. The average Bonchev–Trinajstić information content (AvgIpc) is 3.01. The number of nitrogens with one attached hydrogen (secondary N) is 1. The van der Waals surface area contributed by atoms with Crippen molar-refractivity contribution in [2.24, 2.45) is 0 Å². The molecule has 1 amide bonds. The van der Waals surface area contributed by atoms with Crippen molar-refractivity contribution in [1.29, 1.82) is 0 Å². The number of amides is 1. The van der Waals surface area contributed by atoms with Crippen LogP contribution in [0.25, 0.3) is 11.4 Å². The third-order valence-corrected chi connectivity index (χ3v) is 4.53. The van der Waals surface area contributed by atoms with Gasteiger partial charge in [0.15, 0.2) is 10.6 Å². The fourth-order valence-corrected chi connectivity index (χ4v) is 2.79. The summed E-state index contributed by atoms with van der Waals surface area (Å²) < 4.78 is 2.17. The Bertz CT molecular complexity index is 931. The van der Waals surface area contributed by atoms with E-state index in [1.54, 1.807) is 22.7 Å². The normalized spacial score (nSPS) is 10.7. The van der Waals surface area contributed by atoms with Gasteiger partial charge in [-0.15, -0.1) is 0 Å². The lowest BCUT2D eigenvalue weighted by atomic mass is 10.1. The first-order chi connectivity index (χ1) is 12.5.